The molecule has 1 rings (SSSR count). The largest absolute Gasteiger partial charge is 0.416 e. The molecule has 0 unspecified atom stereocenters. The number of rotatable bonds is 12. The number of unbranched alkanes of at least 4 members (excludes halogenated alkanes) is 9. The van der Waals surface area contributed by atoms with Crippen LogP contribution in [0.2, 0.25) is 0 Å². The molecule has 0 saturated heterocycles. The van der Waals surface area contributed by atoms with Crippen molar-refractivity contribution in [2.24, 2.45) is 0 Å². The van der Waals surface area contributed by atoms with Crippen LogP contribution in [0.1, 0.15) is 97.1 Å². The lowest BCUT2D eigenvalue weighted by Gasteiger charge is -2.22. The zero-order valence-corrected chi connectivity index (χ0v) is 14.2. The van der Waals surface area contributed by atoms with Crippen LogP contribution in [0, 0.1) is 0 Å². The van der Waals surface area contributed by atoms with E-state index >= 15 is 0 Å². The van der Waals surface area contributed by atoms with E-state index in [0.29, 0.717) is 0 Å². The molecule has 0 aliphatic rings. The Balaban J connectivity index is 2.02. The van der Waals surface area contributed by atoms with Gasteiger partial charge >= 0.3 is 5.76 Å². The van der Waals surface area contributed by atoms with E-state index in [0.717, 1.165) is 12.1 Å². The van der Waals surface area contributed by atoms with Crippen molar-refractivity contribution in [3.8, 4) is 0 Å². The molecule has 122 valence electrons. The van der Waals surface area contributed by atoms with Crippen molar-refractivity contribution in [2.45, 2.75) is 96.8 Å². The number of H-pyrrole nitrogens is 1. The third kappa shape index (κ3) is 7.54. The minimum Gasteiger partial charge on any atom is -0.416 e. The van der Waals surface area contributed by atoms with Gasteiger partial charge in [-0.3, -0.25) is 4.98 Å². The summed E-state index contributed by atoms with van der Waals surface area (Å²) in [6.45, 7) is 6.60. The van der Waals surface area contributed by atoms with Gasteiger partial charge in [-0.25, -0.2) is 4.79 Å². The van der Waals surface area contributed by atoms with E-state index in [4.69, 9.17) is 4.42 Å². The normalized spacial score (nSPS) is 12.0. The van der Waals surface area contributed by atoms with Crippen molar-refractivity contribution in [3.63, 3.8) is 0 Å². The number of hydrogen-bond acceptors (Lipinski definition) is 2. The summed E-state index contributed by atoms with van der Waals surface area (Å²) in [5, 5.41) is 0. The van der Waals surface area contributed by atoms with Gasteiger partial charge in [0.15, 0.2) is 0 Å². The van der Waals surface area contributed by atoms with E-state index in [1.165, 1.54) is 64.2 Å². The molecule has 0 aliphatic carbocycles. The van der Waals surface area contributed by atoms with E-state index < -0.39 is 0 Å². The molecule has 0 saturated carbocycles. The highest BCUT2D eigenvalue weighted by molar-refractivity contribution is 5.07. The van der Waals surface area contributed by atoms with Crippen molar-refractivity contribution in [3.05, 3.63) is 22.5 Å². The Kier molecular flexibility index (Phi) is 8.48. The summed E-state index contributed by atoms with van der Waals surface area (Å²) < 4.78 is 4.84. The lowest BCUT2D eigenvalue weighted by atomic mass is 9.84. The van der Waals surface area contributed by atoms with E-state index in [1.54, 1.807) is 6.26 Å². The Labute approximate surface area is 129 Å². The van der Waals surface area contributed by atoms with Gasteiger partial charge < -0.3 is 4.42 Å². The molecule has 1 aromatic rings. The Morgan fingerprint density at radius 2 is 1.48 bits per heavy atom. The molecule has 0 aliphatic heterocycles. The third-order valence-corrected chi connectivity index (χ3v) is 4.41. The molecule has 3 heteroatoms. The van der Waals surface area contributed by atoms with Gasteiger partial charge in [-0.1, -0.05) is 85.0 Å². The monoisotopic (exact) mass is 295 g/mol. The number of oxazole rings is 1. The van der Waals surface area contributed by atoms with Gasteiger partial charge in [0.05, 0.1) is 5.69 Å². The molecule has 1 aromatic heterocycles. The van der Waals surface area contributed by atoms with Crippen LogP contribution in [0.5, 0.6) is 0 Å². The Hall–Kier alpha value is -0.990. The standard InChI is InChI=1S/C18H33NO2/c1-4-5-6-7-8-9-10-11-12-13-14-18(2,3)16-15-21-17(20)19-16/h15H,4-14H2,1-3H3,(H,19,20). The summed E-state index contributed by atoms with van der Waals surface area (Å²) in [5.74, 6) is -0.346. The van der Waals surface area contributed by atoms with Crippen LogP contribution >= 0.6 is 0 Å². The summed E-state index contributed by atoms with van der Waals surface area (Å²) in [6, 6.07) is 0. The SMILES string of the molecule is CCCCCCCCCCCCC(C)(C)c1coc(=O)[nH]1. The molecule has 1 heterocycles. The Bertz CT molecular complexity index is 417. The van der Waals surface area contributed by atoms with E-state index in [2.05, 4.69) is 25.8 Å². The van der Waals surface area contributed by atoms with Crippen LogP contribution in [-0.2, 0) is 5.41 Å². The van der Waals surface area contributed by atoms with Crippen molar-refractivity contribution in [1.29, 1.82) is 0 Å². The number of aromatic nitrogens is 1. The van der Waals surface area contributed by atoms with Crippen LogP contribution in [0.4, 0.5) is 0 Å². The second-order valence-electron chi connectivity index (χ2n) is 6.88. The fourth-order valence-corrected chi connectivity index (χ4v) is 2.80. The predicted molar refractivity (Wildman–Crippen MR) is 88.8 cm³/mol. The average molecular weight is 295 g/mol. The van der Waals surface area contributed by atoms with Gasteiger partial charge in [-0.15, -0.1) is 0 Å². The third-order valence-electron chi connectivity index (χ3n) is 4.41. The first-order valence-electron chi connectivity index (χ1n) is 8.74. The molecule has 0 fully saturated rings. The topological polar surface area (TPSA) is 46.0 Å². The highest BCUT2D eigenvalue weighted by atomic mass is 16.4. The Morgan fingerprint density at radius 1 is 0.952 bits per heavy atom. The van der Waals surface area contributed by atoms with Gasteiger partial charge in [0, 0.05) is 5.41 Å². The zero-order valence-electron chi connectivity index (χ0n) is 14.2. The van der Waals surface area contributed by atoms with Crippen molar-refractivity contribution in [1.82, 2.24) is 4.98 Å². The van der Waals surface area contributed by atoms with Crippen LogP contribution in [0.15, 0.2) is 15.5 Å². The van der Waals surface area contributed by atoms with Gasteiger partial charge in [0.2, 0.25) is 0 Å². The van der Waals surface area contributed by atoms with E-state index in [9.17, 15) is 4.79 Å². The molecule has 0 spiro atoms. The van der Waals surface area contributed by atoms with E-state index in [-0.39, 0.29) is 11.2 Å². The Morgan fingerprint density at radius 3 is 1.95 bits per heavy atom. The number of nitrogens with one attached hydrogen (secondary N) is 1. The number of hydrogen-bond donors (Lipinski definition) is 1. The maximum Gasteiger partial charge on any atom is 0.416 e. The second kappa shape index (κ2) is 9.86. The van der Waals surface area contributed by atoms with Crippen molar-refractivity contribution >= 4 is 0 Å². The fourth-order valence-electron chi connectivity index (χ4n) is 2.80. The zero-order chi connectivity index (χ0) is 15.6. The summed E-state index contributed by atoms with van der Waals surface area (Å²) in [5.41, 5.74) is 0.926. The maximum absolute atomic E-state index is 11.1. The van der Waals surface area contributed by atoms with Gasteiger partial charge in [-0.05, 0) is 6.42 Å². The first-order chi connectivity index (χ1) is 10.1. The second-order valence-corrected chi connectivity index (χ2v) is 6.88. The van der Waals surface area contributed by atoms with Gasteiger partial charge in [0.25, 0.3) is 0 Å². The predicted octanol–water partition coefficient (Wildman–Crippen LogP) is 5.56. The molecule has 0 atom stereocenters. The van der Waals surface area contributed by atoms with Gasteiger partial charge in [-0.2, -0.15) is 0 Å². The smallest absolute Gasteiger partial charge is 0.416 e. The lowest BCUT2D eigenvalue weighted by Crippen LogP contribution is -2.18. The van der Waals surface area contributed by atoms with Gasteiger partial charge in [0.1, 0.15) is 6.26 Å². The summed E-state index contributed by atoms with van der Waals surface area (Å²) >= 11 is 0. The molecule has 21 heavy (non-hydrogen) atoms. The summed E-state index contributed by atoms with van der Waals surface area (Å²) in [4.78, 5) is 13.8. The highest BCUT2D eigenvalue weighted by Gasteiger charge is 2.22. The quantitative estimate of drug-likeness (QED) is 0.513. The fraction of sp³-hybridized carbons (Fsp3) is 0.833. The lowest BCUT2D eigenvalue weighted by molar-refractivity contribution is 0.429. The molecule has 0 amide bonds. The molecular weight excluding hydrogens is 262 g/mol. The molecule has 1 N–H and O–H groups in total. The van der Waals surface area contributed by atoms with Crippen molar-refractivity contribution < 1.29 is 4.42 Å². The molecule has 0 bridgehead atoms. The van der Waals surface area contributed by atoms with Crippen LogP contribution in [0.3, 0.4) is 0 Å². The molecule has 3 nitrogen and oxygen atoms in total. The first kappa shape index (κ1) is 18.1. The van der Waals surface area contributed by atoms with Crippen molar-refractivity contribution in [2.75, 3.05) is 0 Å². The van der Waals surface area contributed by atoms with E-state index in [1.807, 2.05) is 0 Å². The first-order valence-corrected chi connectivity index (χ1v) is 8.74. The maximum atomic E-state index is 11.1. The molecule has 0 aromatic carbocycles. The number of aromatic amines is 1. The minimum atomic E-state index is -0.346. The highest BCUT2D eigenvalue weighted by Crippen LogP contribution is 2.27. The van der Waals surface area contributed by atoms with Crippen LogP contribution in [0.25, 0.3) is 0 Å². The summed E-state index contributed by atoms with van der Waals surface area (Å²) in [7, 11) is 0. The molecular formula is C18H33NO2. The molecule has 0 radical (unpaired) electrons. The van der Waals surface area contributed by atoms with Crippen LogP contribution in [-0.4, -0.2) is 4.98 Å². The van der Waals surface area contributed by atoms with Crippen LogP contribution < -0.4 is 5.76 Å². The average Bonchev–Trinajstić information content (AvgIpc) is 2.88. The summed E-state index contributed by atoms with van der Waals surface area (Å²) in [6.07, 6.45) is 16.2. The minimum absolute atomic E-state index is 0.00626.